The number of rotatable bonds is 4. The van der Waals surface area contributed by atoms with Gasteiger partial charge in [0.25, 0.3) is 0 Å². The molecular formula is C17H15ClO2S2. The van der Waals surface area contributed by atoms with Crippen LogP contribution >= 0.6 is 30.2 Å². The molecule has 3 rings (SSSR count). The Morgan fingerprint density at radius 3 is 2.36 bits per heavy atom. The average molecular weight is 351 g/mol. The van der Waals surface area contributed by atoms with Gasteiger partial charge in [-0.05, 0) is 60.0 Å². The summed E-state index contributed by atoms with van der Waals surface area (Å²) in [5.41, 5.74) is 2.20. The third-order valence-electron chi connectivity index (χ3n) is 3.34. The summed E-state index contributed by atoms with van der Waals surface area (Å²) < 4.78 is 10.6. The molecule has 5 heteroatoms. The fraction of sp³-hybridized carbons (Fsp3) is 0.118. The molecule has 0 saturated heterocycles. The molecule has 1 heterocycles. The molecule has 2 aromatic carbocycles. The maximum absolute atomic E-state index is 6.56. The van der Waals surface area contributed by atoms with E-state index in [0.717, 1.165) is 32.4 Å². The number of hydrogen-bond donors (Lipinski definition) is 0. The molecule has 0 aromatic heterocycles. The van der Waals surface area contributed by atoms with Crippen molar-refractivity contribution in [1.29, 1.82) is 0 Å². The monoisotopic (exact) mass is 350 g/mol. The lowest BCUT2D eigenvalue weighted by atomic mass is 10.1. The zero-order chi connectivity index (χ0) is 15.5. The van der Waals surface area contributed by atoms with Crippen LogP contribution in [0.15, 0.2) is 54.6 Å². The highest BCUT2D eigenvalue weighted by atomic mass is 35.7. The van der Waals surface area contributed by atoms with E-state index in [2.05, 4.69) is 12.1 Å². The van der Waals surface area contributed by atoms with Crippen LogP contribution in [-0.2, 0) is 0 Å². The van der Waals surface area contributed by atoms with Crippen LogP contribution in [0.2, 0.25) is 0 Å². The molecule has 0 spiro atoms. The van der Waals surface area contributed by atoms with Crippen molar-refractivity contribution < 1.29 is 9.47 Å². The van der Waals surface area contributed by atoms with Gasteiger partial charge in [0.2, 0.25) is 0 Å². The van der Waals surface area contributed by atoms with E-state index in [0.29, 0.717) is 0 Å². The van der Waals surface area contributed by atoms with Gasteiger partial charge in [0, 0.05) is 15.3 Å². The minimum Gasteiger partial charge on any atom is -0.497 e. The van der Waals surface area contributed by atoms with Crippen LogP contribution in [0.1, 0.15) is 11.1 Å². The Balaban J connectivity index is 1.95. The van der Waals surface area contributed by atoms with Crippen LogP contribution in [0.4, 0.5) is 0 Å². The first-order valence-electron chi connectivity index (χ1n) is 6.68. The Hall–Kier alpha value is -1.36. The standard InChI is InChI=1S/C17H15ClO2S2/c1-19-13-9-7-12(8-10-13)17-11-16(21-22(17)18)14-5-3-4-6-15(14)20-2/h3-11H,1-2H3. The van der Waals surface area contributed by atoms with Crippen LogP contribution in [0.25, 0.3) is 4.91 Å². The molecule has 0 N–H and O–H groups in total. The third kappa shape index (κ3) is 3.05. The van der Waals surface area contributed by atoms with Crippen molar-refractivity contribution in [3.05, 3.63) is 65.7 Å². The van der Waals surface area contributed by atoms with Crippen molar-refractivity contribution in [3.63, 3.8) is 0 Å². The number of hydrogen-bond acceptors (Lipinski definition) is 3. The fourth-order valence-electron chi connectivity index (χ4n) is 2.22. The zero-order valence-electron chi connectivity index (χ0n) is 12.2. The van der Waals surface area contributed by atoms with E-state index in [9.17, 15) is 0 Å². The predicted molar refractivity (Wildman–Crippen MR) is 99.1 cm³/mol. The van der Waals surface area contributed by atoms with Gasteiger partial charge in [0.15, 0.2) is 0 Å². The first-order chi connectivity index (χ1) is 10.7. The van der Waals surface area contributed by atoms with Gasteiger partial charge in [-0.15, -0.1) is 0 Å². The van der Waals surface area contributed by atoms with E-state index in [1.54, 1.807) is 25.0 Å². The van der Waals surface area contributed by atoms with Crippen molar-refractivity contribution in [3.8, 4) is 11.5 Å². The van der Waals surface area contributed by atoms with E-state index >= 15 is 0 Å². The van der Waals surface area contributed by atoms with Gasteiger partial charge in [-0.1, -0.05) is 30.3 Å². The van der Waals surface area contributed by atoms with Crippen molar-refractivity contribution in [2.24, 2.45) is 0 Å². The first kappa shape index (κ1) is 15.5. The Kier molecular flexibility index (Phi) is 4.81. The molecular weight excluding hydrogens is 336 g/mol. The Labute approximate surface area is 140 Å². The summed E-state index contributed by atoms with van der Waals surface area (Å²) >= 11 is 0. The second-order valence-corrected chi connectivity index (χ2v) is 9.08. The summed E-state index contributed by atoms with van der Waals surface area (Å²) in [4.78, 5) is 2.27. The minimum absolute atomic E-state index is 0.394. The Morgan fingerprint density at radius 1 is 0.955 bits per heavy atom. The molecule has 2 nitrogen and oxygen atoms in total. The summed E-state index contributed by atoms with van der Waals surface area (Å²) in [6.45, 7) is 0. The van der Waals surface area contributed by atoms with Crippen LogP contribution in [0, 0.1) is 0 Å². The molecule has 1 unspecified atom stereocenters. The highest BCUT2D eigenvalue weighted by molar-refractivity contribution is 8.95. The normalized spacial score (nSPS) is 17.3. The average Bonchev–Trinajstić information content (AvgIpc) is 2.96. The van der Waals surface area contributed by atoms with Crippen LogP contribution < -0.4 is 9.47 Å². The lowest BCUT2D eigenvalue weighted by Crippen LogP contribution is -1.94. The van der Waals surface area contributed by atoms with Crippen molar-refractivity contribution in [2.75, 3.05) is 14.2 Å². The zero-order valence-corrected chi connectivity index (χ0v) is 14.6. The van der Waals surface area contributed by atoms with E-state index < -0.39 is 8.73 Å². The van der Waals surface area contributed by atoms with Gasteiger partial charge < -0.3 is 9.47 Å². The van der Waals surface area contributed by atoms with Gasteiger partial charge in [-0.25, -0.2) is 0 Å². The number of halogens is 1. The summed E-state index contributed by atoms with van der Waals surface area (Å²) in [5.74, 6) is 1.71. The second kappa shape index (κ2) is 6.82. The number of para-hydroxylation sites is 1. The largest absolute Gasteiger partial charge is 0.497 e. The van der Waals surface area contributed by atoms with Crippen LogP contribution in [-0.4, -0.2) is 19.1 Å². The lowest BCUT2D eigenvalue weighted by molar-refractivity contribution is 0.414. The summed E-state index contributed by atoms with van der Waals surface area (Å²) in [6, 6.07) is 16.0. The van der Waals surface area contributed by atoms with E-state index in [-0.39, 0.29) is 0 Å². The molecule has 2 aromatic rings. The summed E-state index contributed by atoms with van der Waals surface area (Å²) in [6.07, 6.45) is 2.15. The first-order valence-corrected chi connectivity index (χ1v) is 10.1. The number of ether oxygens (including phenoxy) is 2. The van der Waals surface area contributed by atoms with Gasteiger partial charge in [0.05, 0.1) is 14.2 Å². The lowest BCUT2D eigenvalue weighted by Gasteiger charge is -2.07. The van der Waals surface area contributed by atoms with E-state index in [1.165, 1.54) is 0 Å². The molecule has 0 bridgehead atoms. The predicted octanol–water partition coefficient (Wildman–Crippen LogP) is 5.35. The summed E-state index contributed by atoms with van der Waals surface area (Å²) in [7, 11) is 11.2. The van der Waals surface area contributed by atoms with Crippen molar-refractivity contribution in [2.45, 2.75) is 0 Å². The maximum Gasteiger partial charge on any atom is 0.127 e. The highest BCUT2D eigenvalue weighted by Gasteiger charge is 2.19. The van der Waals surface area contributed by atoms with E-state index in [1.807, 2.05) is 42.5 Å². The van der Waals surface area contributed by atoms with Crippen molar-refractivity contribution >= 4 is 40.0 Å². The minimum atomic E-state index is -0.394. The number of allylic oxidation sites excluding steroid dienone is 1. The second-order valence-electron chi connectivity index (χ2n) is 4.61. The molecule has 114 valence electrons. The molecule has 0 radical (unpaired) electrons. The molecule has 0 aliphatic carbocycles. The molecule has 22 heavy (non-hydrogen) atoms. The van der Waals surface area contributed by atoms with Gasteiger partial charge >= 0.3 is 0 Å². The quantitative estimate of drug-likeness (QED) is 0.547. The third-order valence-corrected chi connectivity index (χ3v) is 7.29. The Morgan fingerprint density at radius 2 is 1.68 bits per heavy atom. The van der Waals surface area contributed by atoms with Crippen LogP contribution in [0.5, 0.6) is 11.5 Å². The topological polar surface area (TPSA) is 18.5 Å². The fourth-order valence-corrected chi connectivity index (χ4v) is 6.09. The van der Waals surface area contributed by atoms with Gasteiger partial charge in [-0.2, -0.15) is 0 Å². The highest BCUT2D eigenvalue weighted by Crippen LogP contribution is 2.53. The van der Waals surface area contributed by atoms with Crippen molar-refractivity contribution in [1.82, 2.24) is 0 Å². The van der Waals surface area contributed by atoms with Crippen LogP contribution in [0.3, 0.4) is 0 Å². The molecule has 0 fully saturated rings. The van der Waals surface area contributed by atoms with E-state index in [4.69, 9.17) is 20.2 Å². The SMILES string of the molecule is COc1ccc(C2=S(Cl)SC(c3ccccc3OC)=C2)cc1. The molecule has 0 amide bonds. The molecule has 1 aliphatic heterocycles. The van der Waals surface area contributed by atoms with Gasteiger partial charge in [0.1, 0.15) is 11.5 Å². The summed E-state index contributed by atoms with van der Waals surface area (Å²) in [5, 5.41) is 0. The molecule has 1 aliphatic rings. The Bertz CT molecular complexity index is 752. The smallest absolute Gasteiger partial charge is 0.127 e. The molecule has 0 saturated carbocycles. The molecule has 1 atom stereocenters. The number of methoxy groups -OCH3 is 2. The van der Waals surface area contributed by atoms with Gasteiger partial charge in [-0.3, -0.25) is 0 Å². The maximum atomic E-state index is 6.56. The number of benzene rings is 2.